The van der Waals surface area contributed by atoms with Crippen molar-refractivity contribution in [3.05, 3.63) is 79.7 Å². The van der Waals surface area contributed by atoms with Crippen molar-refractivity contribution in [2.24, 2.45) is 0 Å². The second kappa shape index (κ2) is 12.4. The van der Waals surface area contributed by atoms with Crippen molar-refractivity contribution in [3.8, 4) is 11.5 Å². The summed E-state index contributed by atoms with van der Waals surface area (Å²) in [7, 11) is 0. The Hall–Kier alpha value is -3.04. The first kappa shape index (κ1) is 30.5. The maximum absolute atomic E-state index is 14.1. The fourth-order valence-electron chi connectivity index (χ4n) is 3.34. The third-order valence-electron chi connectivity index (χ3n) is 5.41. The molecule has 3 aromatic carbocycles. The molecular weight excluding hydrogens is 658 g/mol. The summed E-state index contributed by atoms with van der Waals surface area (Å²) in [4.78, 5) is 0. The molecule has 3 rings (SSSR count). The molecule has 0 unspecified atom stereocenters. The molecule has 0 fully saturated rings. The number of halogens is 10. The summed E-state index contributed by atoms with van der Waals surface area (Å²) in [5, 5.41) is 4.44. The van der Waals surface area contributed by atoms with Crippen molar-refractivity contribution >= 4 is 34.0 Å². The molecule has 0 aliphatic rings. The Bertz CT molecular complexity index is 1230. The molecule has 0 bridgehead atoms. The van der Waals surface area contributed by atoms with Crippen molar-refractivity contribution < 1.29 is 49.0 Å². The summed E-state index contributed by atoms with van der Waals surface area (Å²) in [5.41, 5.74) is -2.97. The summed E-state index contributed by atoms with van der Waals surface area (Å²) in [6.45, 7) is 3.29. The van der Waals surface area contributed by atoms with Crippen LogP contribution in [0.5, 0.6) is 11.5 Å². The quantitative estimate of drug-likeness (QED) is 0.100. The Morgan fingerprint density at radius 3 is 1.33 bits per heavy atom. The van der Waals surface area contributed by atoms with Crippen LogP contribution in [0.2, 0.25) is 0 Å². The predicted octanol–water partition coefficient (Wildman–Crippen LogP) is 7.61. The molecule has 3 aromatic rings. The van der Waals surface area contributed by atoms with Gasteiger partial charge in [0.25, 0.3) is 0 Å². The van der Waals surface area contributed by atoms with Crippen LogP contribution < -0.4 is 20.1 Å². The SMILES string of the molecule is Cc1c(F)c(F)c(NC[C@H](C)Oc2cccc(O[C@@H](C)CNc3c(F)c(F)c(F)c(F)c3F)c2I)c(F)c1F. The van der Waals surface area contributed by atoms with E-state index in [1.54, 1.807) is 0 Å². The van der Waals surface area contributed by atoms with Gasteiger partial charge in [-0.3, -0.25) is 0 Å². The predicted molar refractivity (Wildman–Crippen MR) is 134 cm³/mol. The lowest BCUT2D eigenvalue weighted by molar-refractivity contribution is 0.218. The average Bonchev–Trinajstić information content (AvgIpc) is 2.90. The monoisotopic (exact) mass is 678 g/mol. The maximum atomic E-state index is 14.1. The zero-order valence-electron chi connectivity index (χ0n) is 20.4. The standard InChI is InChI=1S/C25H20F9IN2O2/c1-9(7-36-24-19(31)14(26)11(3)15(27)20(24)32)38-12-5-4-6-13(23(12)35)39-10(2)8-37-25-21(33)17(29)16(28)18(30)22(25)34/h4-6,9-10,36-37H,7-8H2,1-3H3/t9-,10-/m0/s1. The Morgan fingerprint density at radius 1 is 0.615 bits per heavy atom. The molecule has 39 heavy (non-hydrogen) atoms. The Labute approximate surface area is 230 Å². The molecular formula is C25H20F9IN2O2. The van der Waals surface area contributed by atoms with Gasteiger partial charge in [0.15, 0.2) is 46.5 Å². The minimum Gasteiger partial charge on any atom is -0.488 e. The minimum atomic E-state index is -2.27. The molecule has 2 N–H and O–H groups in total. The van der Waals surface area contributed by atoms with Crippen LogP contribution >= 0.6 is 22.6 Å². The van der Waals surface area contributed by atoms with Crippen LogP contribution in [0.25, 0.3) is 0 Å². The van der Waals surface area contributed by atoms with Gasteiger partial charge >= 0.3 is 0 Å². The molecule has 0 saturated carbocycles. The van der Waals surface area contributed by atoms with Crippen LogP contribution in [0.15, 0.2) is 18.2 Å². The number of benzene rings is 3. The first-order chi connectivity index (χ1) is 18.3. The lowest BCUT2D eigenvalue weighted by atomic mass is 10.1. The molecule has 0 aliphatic heterocycles. The lowest BCUT2D eigenvalue weighted by Gasteiger charge is -2.21. The van der Waals surface area contributed by atoms with Crippen molar-refractivity contribution in [1.29, 1.82) is 0 Å². The van der Waals surface area contributed by atoms with Gasteiger partial charge in [0, 0.05) is 5.56 Å². The summed E-state index contributed by atoms with van der Waals surface area (Å²) >= 11 is 1.86. The molecule has 0 aliphatic carbocycles. The van der Waals surface area contributed by atoms with Crippen LogP contribution in [0.3, 0.4) is 0 Å². The number of ether oxygens (including phenoxy) is 2. The highest BCUT2D eigenvalue weighted by Gasteiger charge is 2.26. The van der Waals surface area contributed by atoms with E-state index in [9.17, 15) is 39.5 Å². The van der Waals surface area contributed by atoms with Crippen LogP contribution in [-0.4, -0.2) is 25.3 Å². The molecule has 4 nitrogen and oxygen atoms in total. The van der Waals surface area contributed by atoms with E-state index in [1.165, 1.54) is 32.0 Å². The van der Waals surface area contributed by atoms with Gasteiger partial charge in [-0.1, -0.05) is 6.07 Å². The van der Waals surface area contributed by atoms with Gasteiger partial charge in [0.1, 0.15) is 35.1 Å². The van der Waals surface area contributed by atoms with Gasteiger partial charge in [0.2, 0.25) is 5.82 Å². The van der Waals surface area contributed by atoms with Crippen LogP contribution in [0.1, 0.15) is 19.4 Å². The Morgan fingerprint density at radius 2 is 0.949 bits per heavy atom. The van der Waals surface area contributed by atoms with E-state index < -0.39 is 81.5 Å². The molecule has 2 atom stereocenters. The summed E-state index contributed by atoms with van der Waals surface area (Å²) in [5.74, 6) is -16.2. The van der Waals surface area contributed by atoms with E-state index >= 15 is 0 Å². The largest absolute Gasteiger partial charge is 0.488 e. The van der Waals surface area contributed by atoms with Crippen LogP contribution in [0.4, 0.5) is 50.9 Å². The van der Waals surface area contributed by atoms with Crippen molar-refractivity contribution in [1.82, 2.24) is 0 Å². The van der Waals surface area contributed by atoms with E-state index in [1.807, 2.05) is 22.6 Å². The zero-order chi connectivity index (χ0) is 29.2. The first-order valence-electron chi connectivity index (χ1n) is 11.2. The molecule has 0 spiro atoms. The van der Waals surface area contributed by atoms with Crippen molar-refractivity contribution in [3.63, 3.8) is 0 Å². The molecule has 14 heteroatoms. The highest BCUT2D eigenvalue weighted by Crippen LogP contribution is 2.33. The molecule has 0 amide bonds. The summed E-state index contributed by atoms with van der Waals surface area (Å²) in [6, 6.07) is 4.59. The maximum Gasteiger partial charge on any atom is 0.200 e. The van der Waals surface area contributed by atoms with Crippen LogP contribution in [-0.2, 0) is 0 Å². The fraction of sp³-hybridized carbons (Fsp3) is 0.280. The second-order valence-electron chi connectivity index (χ2n) is 8.39. The van der Waals surface area contributed by atoms with Gasteiger partial charge < -0.3 is 20.1 Å². The number of nitrogens with one attached hydrogen (secondary N) is 2. The highest BCUT2D eigenvalue weighted by molar-refractivity contribution is 14.1. The molecule has 0 saturated heterocycles. The van der Waals surface area contributed by atoms with E-state index in [-0.39, 0.29) is 24.6 Å². The van der Waals surface area contributed by atoms with E-state index in [2.05, 4.69) is 10.6 Å². The van der Waals surface area contributed by atoms with Crippen molar-refractivity contribution in [2.75, 3.05) is 23.7 Å². The minimum absolute atomic E-state index is 0.236. The van der Waals surface area contributed by atoms with Crippen molar-refractivity contribution in [2.45, 2.75) is 33.0 Å². The third-order valence-corrected chi connectivity index (χ3v) is 6.47. The molecule has 212 valence electrons. The Kier molecular flexibility index (Phi) is 9.72. The normalized spacial score (nSPS) is 12.7. The first-order valence-corrected chi connectivity index (χ1v) is 12.3. The molecule has 0 heterocycles. The van der Waals surface area contributed by atoms with Crippen LogP contribution in [0, 0.1) is 62.8 Å². The summed E-state index contributed by atoms with van der Waals surface area (Å²) < 4.78 is 135. The van der Waals surface area contributed by atoms with Gasteiger partial charge in [0.05, 0.1) is 16.7 Å². The van der Waals surface area contributed by atoms with E-state index in [0.29, 0.717) is 3.57 Å². The highest BCUT2D eigenvalue weighted by atomic mass is 127. The third kappa shape index (κ3) is 6.41. The number of hydrogen-bond acceptors (Lipinski definition) is 4. The topological polar surface area (TPSA) is 42.5 Å². The zero-order valence-corrected chi connectivity index (χ0v) is 22.6. The summed E-state index contributed by atoms with van der Waals surface area (Å²) in [6.07, 6.45) is -1.60. The fourth-order valence-corrected chi connectivity index (χ4v) is 3.95. The van der Waals surface area contributed by atoms with E-state index in [0.717, 1.165) is 6.92 Å². The van der Waals surface area contributed by atoms with Gasteiger partial charge in [-0.05, 0) is 55.5 Å². The van der Waals surface area contributed by atoms with Gasteiger partial charge in [-0.15, -0.1) is 0 Å². The second-order valence-corrected chi connectivity index (χ2v) is 9.47. The molecule has 0 aromatic heterocycles. The Balaban J connectivity index is 1.65. The number of anilines is 2. The average molecular weight is 678 g/mol. The number of hydrogen-bond donors (Lipinski definition) is 2. The van der Waals surface area contributed by atoms with Gasteiger partial charge in [-0.25, -0.2) is 39.5 Å². The lowest BCUT2D eigenvalue weighted by Crippen LogP contribution is -2.25. The molecule has 0 radical (unpaired) electrons. The van der Waals surface area contributed by atoms with Gasteiger partial charge in [-0.2, -0.15) is 0 Å². The van der Waals surface area contributed by atoms with E-state index in [4.69, 9.17) is 9.47 Å². The number of rotatable bonds is 10. The smallest absolute Gasteiger partial charge is 0.200 e.